The van der Waals surface area contributed by atoms with Crippen molar-refractivity contribution < 1.29 is 4.79 Å². The molecule has 0 spiro atoms. The molecule has 5 nitrogen and oxygen atoms in total. The minimum absolute atomic E-state index is 0.0745. The molecule has 0 atom stereocenters. The summed E-state index contributed by atoms with van der Waals surface area (Å²) in [7, 11) is 0. The lowest BCUT2D eigenvalue weighted by atomic mass is 10.2. The zero-order chi connectivity index (χ0) is 16.5. The normalized spacial score (nSPS) is 16.2. The van der Waals surface area contributed by atoms with Gasteiger partial charge in [0.1, 0.15) is 17.2 Å². The monoisotopic (exact) mass is 316 g/mol. The molecule has 1 aliphatic rings. The van der Waals surface area contributed by atoms with Gasteiger partial charge in [0.2, 0.25) is 0 Å². The summed E-state index contributed by atoms with van der Waals surface area (Å²) in [4.78, 5) is 26.2. The number of nitrogens with zero attached hydrogens (tertiary/aromatic N) is 3. The molecule has 2 aromatic heterocycles. The van der Waals surface area contributed by atoms with Crippen molar-refractivity contribution in [3.63, 3.8) is 0 Å². The highest BCUT2D eigenvalue weighted by Gasteiger charge is 2.27. The molecule has 24 heavy (non-hydrogen) atoms. The molecular formula is C19H16N4O. The molecule has 0 unspecified atom stereocenters. The van der Waals surface area contributed by atoms with Crippen LogP contribution < -0.4 is 0 Å². The summed E-state index contributed by atoms with van der Waals surface area (Å²) in [5.41, 5.74) is 3.25. The smallest absolute Gasteiger partial charge is 0.278 e. The van der Waals surface area contributed by atoms with Crippen molar-refractivity contribution >= 4 is 28.9 Å². The maximum absolute atomic E-state index is 12.7. The molecule has 1 N–H and O–H groups in total. The Morgan fingerprint density at radius 3 is 2.83 bits per heavy atom. The van der Waals surface area contributed by atoms with E-state index in [-0.39, 0.29) is 5.91 Å². The topological polar surface area (TPSA) is 61.4 Å². The molecule has 0 aliphatic carbocycles. The number of hydrogen-bond acceptors (Lipinski definition) is 3. The number of nitrogens with one attached hydrogen (secondary N) is 1. The van der Waals surface area contributed by atoms with E-state index in [1.165, 1.54) is 0 Å². The second-order valence-electron chi connectivity index (χ2n) is 5.71. The van der Waals surface area contributed by atoms with Gasteiger partial charge in [0, 0.05) is 23.3 Å². The number of fused-ring (bicyclic) bond motifs is 1. The Hall–Kier alpha value is -3.21. The van der Waals surface area contributed by atoms with Crippen LogP contribution >= 0.6 is 0 Å². The van der Waals surface area contributed by atoms with Crippen molar-refractivity contribution in [3.05, 3.63) is 71.7 Å². The number of amides is 1. The third kappa shape index (κ3) is 2.50. The minimum Gasteiger partial charge on any atom is -0.346 e. The third-order valence-corrected chi connectivity index (χ3v) is 4.10. The van der Waals surface area contributed by atoms with Gasteiger partial charge in [-0.25, -0.2) is 9.98 Å². The molecular weight excluding hydrogens is 300 g/mol. The summed E-state index contributed by atoms with van der Waals surface area (Å²) in [6, 6.07) is 13.8. The third-order valence-electron chi connectivity index (χ3n) is 4.10. The Labute approximate surface area is 139 Å². The van der Waals surface area contributed by atoms with E-state index in [9.17, 15) is 4.79 Å². The summed E-state index contributed by atoms with van der Waals surface area (Å²) in [6.45, 7) is 2.39. The number of carbonyl (C=O) groups is 1. The molecule has 1 amide bonds. The van der Waals surface area contributed by atoms with Crippen molar-refractivity contribution in [2.24, 2.45) is 4.99 Å². The minimum atomic E-state index is -0.0745. The maximum Gasteiger partial charge on any atom is 0.278 e. The Kier molecular flexibility index (Phi) is 3.46. The zero-order valence-corrected chi connectivity index (χ0v) is 13.2. The average molecular weight is 316 g/mol. The van der Waals surface area contributed by atoms with Crippen LogP contribution in [0.25, 0.3) is 17.1 Å². The summed E-state index contributed by atoms with van der Waals surface area (Å²) < 4.78 is 0. The lowest BCUT2D eigenvalue weighted by Crippen LogP contribution is -2.29. The van der Waals surface area contributed by atoms with Crippen LogP contribution in [0.4, 0.5) is 0 Å². The summed E-state index contributed by atoms with van der Waals surface area (Å²) in [5, 5.41) is 0.979. The predicted octanol–water partition coefficient (Wildman–Crippen LogP) is 3.36. The van der Waals surface area contributed by atoms with E-state index in [0.29, 0.717) is 18.1 Å². The van der Waals surface area contributed by atoms with E-state index in [4.69, 9.17) is 0 Å². The van der Waals surface area contributed by atoms with Gasteiger partial charge in [-0.1, -0.05) is 30.3 Å². The highest BCUT2D eigenvalue weighted by Crippen LogP contribution is 2.23. The van der Waals surface area contributed by atoms with Crippen LogP contribution in [0.5, 0.6) is 0 Å². The first kappa shape index (κ1) is 14.4. The maximum atomic E-state index is 12.7. The number of aliphatic imine (C=N–C) groups is 1. The zero-order valence-electron chi connectivity index (χ0n) is 13.2. The van der Waals surface area contributed by atoms with Crippen molar-refractivity contribution in [2.75, 3.05) is 0 Å². The number of aromatic nitrogens is 2. The van der Waals surface area contributed by atoms with E-state index in [0.717, 1.165) is 22.2 Å². The van der Waals surface area contributed by atoms with Crippen LogP contribution in [-0.2, 0) is 11.3 Å². The molecule has 0 radical (unpaired) electrons. The highest BCUT2D eigenvalue weighted by atomic mass is 16.2. The van der Waals surface area contributed by atoms with E-state index in [1.807, 2.05) is 61.7 Å². The predicted molar refractivity (Wildman–Crippen MR) is 94.2 cm³/mol. The molecule has 0 saturated carbocycles. The molecule has 1 aromatic carbocycles. The number of pyridine rings is 1. The highest BCUT2D eigenvalue weighted by molar-refractivity contribution is 6.14. The molecule has 0 saturated heterocycles. The molecule has 4 rings (SSSR count). The Morgan fingerprint density at radius 2 is 2.00 bits per heavy atom. The number of carbonyl (C=O) groups excluding carboxylic acids is 1. The van der Waals surface area contributed by atoms with Crippen LogP contribution in [0.15, 0.2) is 65.5 Å². The van der Waals surface area contributed by atoms with Crippen molar-refractivity contribution in [3.8, 4) is 0 Å². The number of H-pyrrole nitrogens is 1. The molecule has 0 bridgehead atoms. The van der Waals surface area contributed by atoms with Crippen LogP contribution in [0.3, 0.4) is 0 Å². The average Bonchev–Trinajstić information content (AvgIpc) is 3.13. The fourth-order valence-corrected chi connectivity index (χ4v) is 2.86. The van der Waals surface area contributed by atoms with Crippen molar-refractivity contribution in [1.29, 1.82) is 0 Å². The van der Waals surface area contributed by atoms with Crippen LogP contribution in [0.1, 0.15) is 18.1 Å². The summed E-state index contributed by atoms with van der Waals surface area (Å²) >= 11 is 0. The number of amidine groups is 1. The molecule has 0 fully saturated rings. The Bertz CT molecular complexity index is 969. The van der Waals surface area contributed by atoms with Crippen molar-refractivity contribution in [2.45, 2.75) is 13.5 Å². The van der Waals surface area contributed by atoms with E-state index < -0.39 is 0 Å². The van der Waals surface area contributed by atoms with Gasteiger partial charge in [0.15, 0.2) is 0 Å². The van der Waals surface area contributed by atoms with Crippen molar-refractivity contribution in [1.82, 2.24) is 14.9 Å². The first-order valence-corrected chi connectivity index (χ1v) is 7.77. The Morgan fingerprint density at radius 1 is 1.17 bits per heavy atom. The molecule has 1 aliphatic heterocycles. The van der Waals surface area contributed by atoms with Gasteiger partial charge in [0.05, 0.1) is 6.54 Å². The lowest BCUT2D eigenvalue weighted by Gasteiger charge is -2.15. The standard InChI is InChI=1S/C19H16N4O/c1-13-22-17(10-15-11-21-18-16(15)8-5-9-20-18)19(24)23(13)12-14-6-3-2-4-7-14/h2-11H,12H2,1H3,(H,20,21)/b17-10-. The second-order valence-corrected chi connectivity index (χ2v) is 5.71. The fourth-order valence-electron chi connectivity index (χ4n) is 2.86. The number of hydrogen-bond donors (Lipinski definition) is 1. The SMILES string of the molecule is CC1=N/C(=C\c2c[nH]c3ncccc23)C(=O)N1Cc1ccccc1. The molecule has 3 heterocycles. The van der Waals surface area contributed by atoms with E-state index in [1.54, 1.807) is 11.1 Å². The van der Waals surface area contributed by atoms with Crippen LogP contribution in [0.2, 0.25) is 0 Å². The van der Waals surface area contributed by atoms with Crippen LogP contribution in [0, 0.1) is 0 Å². The van der Waals surface area contributed by atoms with Gasteiger partial charge in [-0.2, -0.15) is 0 Å². The number of rotatable bonds is 3. The quantitative estimate of drug-likeness (QED) is 0.753. The van der Waals surface area contributed by atoms with Gasteiger partial charge < -0.3 is 4.98 Å². The molecule has 118 valence electrons. The number of aromatic amines is 1. The van der Waals surface area contributed by atoms with Crippen LogP contribution in [-0.4, -0.2) is 26.6 Å². The molecule has 3 aromatic rings. The summed E-state index contributed by atoms with van der Waals surface area (Å²) in [6.07, 6.45) is 5.40. The first-order chi connectivity index (χ1) is 11.7. The van der Waals surface area contributed by atoms with Gasteiger partial charge in [0.25, 0.3) is 5.91 Å². The van der Waals surface area contributed by atoms with Gasteiger partial charge >= 0.3 is 0 Å². The van der Waals surface area contributed by atoms with Gasteiger partial charge in [-0.15, -0.1) is 0 Å². The molecule has 5 heteroatoms. The van der Waals surface area contributed by atoms with Gasteiger partial charge in [-0.3, -0.25) is 9.69 Å². The summed E-state index contributed by atoms with van der Waals surface area (Å²) in [5.74, 6) is 0.641. The lowest BCUT2D eigenvalue weighted by molar-refractivity contribution is -0.123. The Balaban J connectivity index is 1.64. The first-order valence-electron chi connectivity index (χ1n) is 7.77. The largest absolute Gasteiger partial charge is 0.346 e. The van der Waals surface area contributed by atoms with Gasteiger partial charge in [-0.05, 0) is 30.7 Å². The second kappa shape index (κ2) is 5.77. The van der Waals surface area contributed by atoms with E-state index in [2.05, 4.69) is 15.0 Å². The van der Waals surface area contributed by atoms with E-state index >= 15 is 0 Å². The number of benzene rings is 1. The fraction of sp³-hybridized carbons (Fsp3) is 0.105.